The van der Waals surface area contributed by atoms with Gasteiger partial charge in [0.05, 0.1) is 12.3 Å². The minimum Gasteiger partial charge on any atom is -0.449 e. The van der Waals surface area contributed by atoms with Crippen molar-refractivity contribution in [3.63, 3.8) is 0 Å². The van der Waals surface area contributed by atoms with Gasteiger partial charge in [0.2, 0.25) is 0 Å². The minimum absolute atomic E-state index is 0.112. The molecule has 1 aromatic rings. The highest BCUT2D eigenvalue weighted by molar-refractivity contribution is 7.80. The number of nitrogens with one attached hydrogen (secondary N) is 1. The van der Waals surface area contributed by atoms with Gasteiger partial charge in [-0.15, -0.1) is 0 Å². The van der Waals surface area contributed by atoms with Gasteiger partial charge in [0.1, 0.15) is 0 Å². The van der Waals surface area contributed by atoms with Crippen molar-refractivity contribution in [3.8, 4) is 0 Å². The molecule has 2 N–H and O–H groups in total. The molecule has 1 aromatic carbocycles. The first-order valence-electron chi connectivity index (χ1n) is 10.1. The van der Waals surface area contributed by atoms with Crippen molar-refractivity contribution in [1.29, 1.82) is 0 Å². The number of hydrogen-bond acceptors (Lipinski definition) is 4. The smallest absolute Gasteiger partial charge is 0.409 e. The van der Waals surface area contributed by atoms with E-state index in [1.165, 1.54) is 25.7 Å². The van der Waals surface area contributed by atoms with Crippen molar-refractivity contribution in [2.45, 2.75) is 39.0 Å². The van der Waals surface area contributed by atoms with Gasteiger partial charge in [-0.1, -0.05) is 25.7 Å². The van der Waals surface area contributed by atoms with Crippen molar-refractivity contribution >= 4 is 29.0 Å². The van der Waals surface area contributed by atoms with Crippen LogP contribution in [0.1, 0.15) is 48.0 Å². The predicted octanol–water partition coefficient (Wildman–Crippen LogP) is 3.02. The quantitative estimate of drug-likeness (QED) is 0.685. The molecule has 29 heavy (non-hydrogen) atoms. The van der Waals surface area contributed by atoms with E-state index in [0.717, 1.165) is 6.42 Å². The van der Waals surface area contributed by atoms with Crippen LogP contribution in [0.2, 0.25) is 0 Å². The molecular formula is C20H29N3O5S. The molecule has 2 fully saturated rings. The van der Waals surface area contributed by atoms with Gasteiger partial charge in [0.15, 0.2) is 0 Å². The van der Waals surface area contributed by atoms with Gasteiger partial charge in [0.25, 0.3) is 17.2 Å². The Balaban J connectivity index is 1.45. The van der Waals surface area contributed by atoms with Crippen molar-refractivity contribution in [3.05, 3.63) is 29.3 Å². The van der Waals surface area contributed by atoms with Crippen molar-refractivity contribution < 1.29 is 23.1 Å². The molecule has 8 nitrogen and oxygen atoms in total. The maximum Gasteiger partial charge on any atom is 0.409 e. The van der Waals surface area contributed by atoms with Crippen LogP contribution in [0, 0.1) is 12.8 Å². The fourth-order valence-electron chi connectivity index (χ4n) is 3.98. The zero-order valence-corrected chi connectivity index (χ0v) is 17.6. The van der Waals surface area contributed by atoms with E-state index in [9.17, 15) is 13.8 Å². The van der Waals surface area contributed by atoms with Crippen LogP contribution in [0.3, 0.4) is 0 Å². The molecule has 1 aliphatic carbocycles. The van der Waals surface area contributed by atoms with Crippen molar-refractivity contribution in [2.75, 3.05) is 37.5 Å². The SMILES string of the molecule is Cc1cc(C(=O)N2CCN(C(=O)OCCC3CCCC3)CC2)ccc1NS(=O)O. The molecule has 0 bridgehead atoms. The summed E-state index contributed by atoms with van der Waals surface area (Å²) in [5.74, 6) is 0.582. The van der Waals surface area contributed by atoms with Crippen LogP contribution >= 0.6 is 0 Å². The van der Waals surface area contributed by atoms with E-state index in [-0.39, 0.29) is 12.0 Å². The van der Waals surface area contributed by atoms with Gasteiger partial charge < -0.3 is 14.5 Å². The van der Waals surface area contributed by atoms with Crippen molar-refractivity contribution in [2.24, 2.45) is 5.92 Å². The summed E-state index contributed by atoms with van der Waals surface area (Å²) in [4.78, 5) is 28.4. The number of carbonyl (C=O) groups is 2. The Kier molecular flexibility index (Phi) is 7.49. The van der Waals surface area contributed by atoms with Gasteiger partial charge in [-0.3, -0.25) is 14.1 Å². The Hall–Kier alpha value is -2.13. The summed E-state index contributed by atoms with van der Waals surface area (Å²) in [6.07, 6.45) is 5.71. The van der Waals surface area contributed by atoms with E-state index in [0.29, 0.717) is 55.5 Å². The highest BCUT2D eigenvalue weighted by Gasteiger charge is 2.26. The summed E-state index contributed by atoms with van der Waals surface area (Å²) < 4.78 is 27.7. The Morgan fingerprint density at radius 3 is 2.45 bits per heavy atom. The Morgan fingerprint density at radius 1 is 1.17 bits per heavy atom. The van der Waals surface area contributed by atoms with Crippen LogP contribution < -0.4 is 4.72 Å². The zero-order valence-electron chi connectivity index (χ0n) is 16.8. The Morgan fingerprint density at radius 2 is 1.83 bits per heavy atom. The first-order valence-corrected chi connectivity index (χ1v) is 11.2. The van der Waals surface area contributed by atoms with E-state index in [2.05, 4.69) is 4.72 Å². The largest absolute Gasteiger partial charge is 0.449 e. The van der Waals surface area contributed by atoms with Gasteiger partial charge in [-0.05, 0) is 43.0 Å². The summed E-state index contributed by atoms with van der Waals surface area (Å²) in [5, 5.41) is 0. The fourth-order valence-corrected chi connectivity index (χ4v) is 4.40. The van der Waals surface area contributed by atoms with Crippen LogP contribution in [0.4, 0.5) is 10.5 Å². The molecule has 1 atom stereocenters. The molecule has 1 unspecified atom stereocenters. The normalized spacial score (nSPS) is 18.6. The molecule has 2 aliphatic rings. The molecule has 1 aliphatic heterocycles. The number of hydrogen-bond donors (Lipinski definition) is 2. The van der Waals surface area contributed by atoms with E-state index in [1.807, 2.05) is 0 Å². The number of piperazine rings is 1. The van der Waals surface area contributed by atoms with E-state index in [4.69, 9.17) is 9.29 Å². The molecule has 0 radical (unpaired) electrons. The second kappa shape index (κ2) is 10.1. The molecule has 0 aromatic heterocycles. The summed E-state index contributed by atoms with van der Waals surface area (Å²) in [5.41, 5.74) is 1.74. The van der Waals surface area contributed by atoms with E-state index < -0.39 is 11.3 Å². The third-order valence-electron chi connectivity index (χ3n) is 5.72. The van der Waals surface area contributed by atoms with E-state index >= 15 is 0 Å². The minimum atomic E-state index is -2.16. The molecule has 3 rings (SSSR count). The van der Waals surface area contributed by atoms with Gasteiger partial charge in [-0.25, -0.2) is 9.00 Å². The number of benzene rings is 1. The lowest BCUT2D eigenvalue weighted by Gasteiger charge is -2.34. The van der Waals surface area contributed by atoms with Crippen LogP contribution in [0.15, 0.2) is 18.2 Å². The monoisotopic (exact) mass is 423 g/mol. The summed E-state index contributed by atoms with van der Waals surface area (Å²) in [6.45, 7) is 4.06. The number of anilines is 1. The van der Waals surface area contributed by atoms with Gasteiger partial charge in [-0.2, -0.15) is 0 Å². The first kappa shape index (κ1) is 21.6. The summed E-state index contributed by atoms with van der Waals surface area (Å²) in [7, 11) is 0. The lowest BCUT2D eigenvalue weighted by Crippen LogP contribution is -2.50. The molecule has 0 spiro atoms. The molecule has 1 saturated heterocycles. The van der Waals surface area contributed by atoms with Crippen LogP contribution in [-0.4, -0.2) is 63.3 Å². The standard InChI is InChI=1S/C20H29N3O5S/c1-15-14-17(6-7-18(15)21-29(26)27)19(24)22-9-11-23(12-10-22)20(25)28-13-8-16-4-2-3-5-16/h6-7,14,16,21H,2-5,8-13H2,1H3,(H,26,27). The summed E-state index contributed by atoms with van der Waals surface area (Å²) >= 11 is -2.16. The number of aryl methyl sites for hydroxylation is 1. The lowest BCUT2D eigenvalue weighted by atomic mass is 10.1. The number of nitrogens with zero attached hydrogens (tertiary/aromatic N) is 2. The van der Waals surface area contributed by atoms with Crippen LogP contribution in [0.25, 0.3) is 0 Å². The van der Waals surface area contributed by atoms with E-state index in [1.54, 1.807) is 34.9 Å². The molecule has 9 heteroatoms. The Labute approximate surface area is 174 Å². The number of rotatable bonds is 6. The topological polar surface area (TPSA) is 99.2 Å². The van der Waals surface area contributed by atoms with Gasteiger partial charge in [0, 0.05) is 31.7 Å². The lowest BCUT2D eigenvalue weighted by molar-refractivity contribution is 0.0548. The van der Waals surface area contributed by atoms with Crippen LogP contribution in [0.5, 0.6) is 0 Å². The first-order chi connectivity index (χ1) is 13.9. The second-order valence-electron chi connectivity index (χ2n) is 7.71. The van der Waals surface area contributed by atoms with Crippen molar-refractivity contribution in [1.82, 2.24) is 9.80 Å². The summed E-state index contributed by atoms with van der Waals surface area (Å²) in [6, 6.07) is 4.95. The number of carbonyl (C=O) groups excluding carboxylic acids is 2. The van der Waals surface area contributed by atoms with Crippen LogP contribution in [-0.2, 0) is 16.0 Å². The molecular weight excluding hydrogens is 394 g/mol. The Bertz CT molecular complexity index is 758. The maximum absolute atomic E-state index is 12.7. The third kappa shape index (κ3) is 5.93. The third-order valence-corrected chi connectivity index (χ3v) is 6.12. The predicted molar refractivity (Wildman–Crippen MR) is 111 cm³/mol. The fraction of sp³-hybridized carbons (Fsp3) is 0.600. The molecule has 160 valence electrons. The average Bonchev–Trinajstić information content (AvgIpc) is 3.22. The van der Waals surface area contributed by atoms with Gasteiger partial charge >= 0.3 is 6.09 Å². The highest BCUT2D eigenvalue weighted by Crippen LogP contribution is 2.27. The average molecular weight is 424 g/mol. The zero-order chi connectivity index (χ0) is 20.8. The molecule has 2 amide bonds. The maximum atomic E-state index is 12.7. The number of ether oxygens (including phenoxy) is 1. The highest BCUT2D eigenvalue weighted by atomic mass is 32.2. The second-order valence-corrected chi connectivity index (χ2v) is 8.42. The molecule has 1 saturated carbocycles. The number of amides is 2. The molecule has 1 heterocycles.